The Hall–Kier alpha value is -3.00. The number of amides is 1. The van der Waals surface area contributed by atoms with Crippen molar-refractivity contribution >= 4 is 38.7 Å². The van der Waals surface area contributed by atoms with Crippen LogP contribution in [0.25, 0.3) is 10.9 Å². The summed E-state index contributed by atoms with van der Waals surface area (Å²) in [6.45, 7) is 0.178. The third-order valence-electron chi connectivity index (χ3n) is 4.31. The summed E-state index contributed by atoms with van der Waals surface area (Å²) in [6.07, 6.45) is -0.0676. The molecule has 6 nitrogen and oxygen atoms in total. The molecular weight excluding hydrogens is 443 g/mol. The molecule has 2 aromatic carbocycles. The van der Waals surface area contributed by atoms with Gasteiger partial charge in [0.25, 0.3) is 0 Å². The van der Waals surface area contributed by atoms with Crippen molar-refractivity contribution in [3.05, 3.63) is 69.4 Å². The van der Waals surface area contributed by atoms with Gasteiger partial charge in [0.05, 0.1) is 26.2 Å². The second-order valence-corrected chi connectivity index (χ2v) is 7.13. The van der Waals surface area contributed by atoms with E-state index < -0.39 is 11.8 Å². The number of carbonyl (C=O) groups is 2. The van der Waals surface area contributed by atoms with Crippen LogP contribution < -0.4 is 10.1 Å². The summed E-state index contributed by atoms with van der Waals surface area (Å²) in [7, 11) is 2.69. The average molecular weight is 461 g/mol. The van der Waals surface area contributed by atoms with Gasteiger partial charge in [-0.1, -0.05) is 34.1 Å². The number of rotatable bonds is 6. The second-order valence-electron chi connectivity index (χ2n) is 6.22. The number of halogens is 2. The van der Waals surface area contributed by atoms with Gasteiger partial charge in [-0.05, 0) is 35.4 Å². The molecule has 0 radical (unpaired) electrons. The highest BCUT2D eigenvalue weighted by atomic mass is 79.9. The minimum absolute atomic E-state index is 0.0676. The van der Waals surface area contributed by atoms with Gasteiger partial charge in [0, 0.05) is 16.4 Å². The zero-order valence-electron chi connectivity index (χ0n) is 15.8. The summed E-state index contributed by atoms with van der Waals surface area (Å²) >= 11 is 3.43. The summed E-state index contributed by atoms with van der Waals surface area (Å²) < 4.78 is 24.5. The van der Waals surface area contributed by atoms with Gasteiger partial charge in [-0.15, -0.1) is 0 Å². The van der Waals surface area contributed by atoms with Gasteiger partial charge < -0.3 is 14.8 Å². The van der Waals surface area contributed by atoms with Crippen molar-refractivity contribution < 1.29 is 23.5 Å². The lowest BCUT2D eigenvalue weighted by Crippen LogP contribution is -2.25. The Morgan fingerprint density at radius 2 is 1.90 bits per heavy atom. The SMILES string of the molecule is COC(=O)c1cc2cc(Br)cc(CNC(=O)Cc3ccccc3F)c2nc1OC. The molecule has 0 atom stereocenters. The molecule has 1 aromatic heterocycles. The van der Waals surface area contributed by atoms with E-state index in [1.807, 2.05) is 6.07 Å². The largest absolute Gasteiger partial charge is 0.480 e. The Balaban J connectivity index is 1.88. The zero-order valence-corrected chi connectivity index (χ0v) is 17.4. The lowest BCUT2D eigenvalue weighted by atomic mass is 10.1. The van der Waals surface area contributed by atoms with Crippen LogP contribution in [0.1, 0.15) is 21.5 Å². The van der Waals surface area contributed by atoms with Crippen molar-refractivity contribution in [2.75, 3.05) is 14.2 Å². The predicted octanol–water partition coefficient (Wildman–Crippen LogP) is 3.79. The maximum Gasteiger partial charge on any atom is 0.343 e. The maximum atomic E-state index is 13.7. The third-order valence-corrected chi connectivity index (χ3v) is 4.77. The molecule has 0 bridgehead atoms. The predicted molar refractivity (Wildman–Crippen MR) is 109 cm³/mol. The van der Waals surface area contributed by atoms with Crippen LogP contribution in [-0.2, 0) is 22.5 Å². The van der Waals surface area contributed by atoms with E-state index in [2.05, 4.69) is 26.2 Å². The van der Waals surface area contributed by atoms with Gasteiger partial charge in [-0.3, -0.25) is 4.79 Å². The lowest BCUT2D eigenvalue weighted by Gasteiger charge is -2.12. The number of nitrogens with zero attached hydrogens (tertiary/aromatic N) is 1. The molecule has 8 heteroatoms. The van der Waals surface area contributed by atoms with E-state index in [4.69, 9.17) is 9.47 Å². The summed E-state index contributed by atoms with van der Waals surface area (Å²) in [5, 5.41) is 3.46. The first-order valence-corrected chi connectivity index (χ1v) is 9.47. The molecule has 0 spiro atoms. The molecule has 1 N–H and O–H groups in total. The minimum atomic E-state index is -0.559. The van der Waals surface area contributed by atoms with Crippen molar-refractivity contribution in [1.29, 1.82) is 0 Å². The Morgan fingerprint density at radius 1 is 1.14 bits per heavy atom. The molecule has 1 amide bonds. The van der Waals surface area contributed by atoms with Gasteiger partial charge in [-0.25, -0.2) is 14.2 Å². The topological polar surface area (TPSA) is 77.5 Å². The first-order valence-electron chi connectivity index (χ1n) is 8.68. The summed E-state index contributed by atoms with van der Waals surface area (Å²) in [4.78, 5) is 28.7. The highest BCUT2D eigenvalue weighted by molar-refractivity contribution is 9.10. The van der Waals surface area contributed by atoms with E-state index in [1.54, 1.807) is 30.3 Å². The monoisotopic (exact) mass is 460 g/mol. The molecule has 0 saturated heterocycles. The standard InChI is InChI=1S/C21H18BrFN2O4/c1-28-20-16(21(27)29-2)9-13-7-15(22)8-14(19(13)25-20)11-24-18(26)10-12-5-3-4-6-17(12)23/h3-9H,10-11H2,1-2H3,(H,24,26). The van der Waals surface area contributed by atoms with Crippen LogP contribution in [0.2, 0.25) is 0 Å². The zero-order chi connectivity index (χ0) is 21.0. The molecule has 0 aliphatic rings. The van der Waals surface area contributed by atoms with Gasteiger partial charge in [0.15, 0.2) is 0 Å². The molecule has 3 rings (SSSR count). The number of hydrogen-bond acceptors (Lipinski definition) is 5. The fraction of sp³-hybridized carbons (Fsp3) is 0.190. The number of fused-ring (bicyclic) bond motifs is 1. The fourth-order valence-electron chi connectivity index (χ4n) is 2.92. The van der Waals surface area contributed by atoms with Gasteiger partial charge in [0.1, 0.15) is 11.4 Å². The van der Waals surface area contributed by atoms with Crippen molar-refractivity contribution in [1.82, 2.24) is 10.3 Å². The van der Waals surface area contributed by atoms with Crippen LogP contribution in [0.15, 0.2) is 46.9 Å². The normalized spacial score (nSPS) is 10.6. The van der Waals surface area contributed by atoms with Crippen LogP contribution in [0, 0.1) is 5.82 Å². The summed E-state index contributed by atoms with van der Waals surface area (Å²) in [5.74, 6) is -1.17. The van der Waals surface area contributed by atoms with Crippen LogP contribution in [-0.4, -0.2) is 31.1 Å². The van der Waals surface area contributed by atoms with Crippen molar-refractivity contribution in [2.45, 2.75) is 13.0 Å². The number of aromatic nitrogens is 1. The number of ether oxygens (including phenoxy) is 2. The molecule has 0 aliphatic carbocycles. The number of pyridine rings is 1. The molecule has 0 aliphatic heterocycles. The van der Waals surface area contributed by atoms with Crippen molar-refractivity contribution in [3.8, 4) is 5.88 Å². The highest BCUT2D eigenvalue weighted by Gasteiger charge is 2.18. The second kappa shape index (κ2) is 9.00. The van der Waals surface area contributed by atoms with Crippen LogP contribution in [0.5, 0.6) is 5.88 Å². The summed E-state index contributed by atoms with van der Waals surface area (Å²) in [5.41, 5.74) is 1.82. The average Bonchev–Trinajstić information content (AvgIpc) is 2.72. The fourth-order valence-corrected chi connectivity index (χ4v) is 3.44. The Kier molecular flexibility index (Phi) is 6.43. The molecule has 29 heavy (non-hydrogen) atoms. The Labute approximate surface area is 175 Å². The highest BCUT2D eigenvalue weighted by Crippen LogP contribution is 2.28. The van der Waals surface area contributed by atoms with E-state index in [0.29, 0.717) is 22.0 Å². The van der Waals surface area contributed by atoms with Crippen molar-refractivity contribution in [2.24, 2.45) is 0 Å². The van der Waals surface area contributed by atoms with Crippen LogP contribution in [0.4, 0.5) is 4.39 Å². The number of methoxy groups -OCH3 is 2. The molecular formula is C21H18BrFN2O4. The Morgan fingerprint density at radius 3 is 2.59 bits per heavy atom. The van der Waals surface area contributed by atoms with Gasteiger partial charge in [-0.2, -0.15) is 0 Å². The quantitative estimate of drug-likeness (QED) is 0.566. The number of nitrogens with one attached hydrogen (secondary N) is 1. The molecule has 0 fully saturated rings. The van der Waals surface area contributed by atoms with Gasteiger partial charge in [0.2, 0.25) is 11.8 Å². The first kappa shape index (κ1) is 20.7. The number of carbonyl (C=O) groups excluding carboxylic acids is 2. The smallest absolute Gasteiger partial charge is 0.343 e. The van der Waals surface area contributed by atoms with Crippen LogP contribution in [0.3, 0.4) is 0 Å². The molecule has 0 unspecified atom stereocenters. The van der Waals surface area contributed by atoms with Gasteiger partial charge >= 0.3 is 5.97 Å². The maximum absolute atomic E-state index is 13.7. The lowest BCUT2D eigenvalue weighted by molar-refractivity contribution is -0.120. The van der Waals surface area contributed by atoms with Crippen LogP contribution >= 0.6 is 15.9 Å². The number of benzene rings is 2. The molecule has 0 saturated carbocycles. The molecule has 3 aromatic rings. The van der Waals surface area contributed by atoms with E-state index in [9.17, 15) is 14.0 Å². The minimum Gasteiger partial charge on any atom is -0.480 e. The first-order chi connectivity index (χ1) is 13.9. The number of esters is 1. The molecule has 150 valence electrons. The van der Waals surface area contributed by atoms with Crippen molar-refractivity contribution in [3.63, 3.8) is 0 Å². The van der Waals surface area contributed by atoms with E-state index in [1.165, 1.54) is 20.3 Å². The third kappa shape index (κ3) is 4.71. The van der Waals surface area contributed by atoms with E-state index >= 15 is 0 Å². The number of hydrogen-bond donors (Lipinski definition) is 1. The van der Waals surface area contributed by atoms with E-state index in [0.717, 1.165) is 4.47 Å². The van der Waals surface area contributed by atoms with E-state index in [-0.39, 0.29) is 30.3 Å². The molecule has 1 heterocycles. The Bertz CT molecular complexity index is 1090. The summed E-state index contributed by atoms with van der Waals surface area (Å²) in [6, 6.07) is 11.4.